The predicted octanol–water partition coefficient (Wildman–Crippen LogP) is -4.30. The number of hydrogen-bond acceptors (Lipinski definition) is 8. The zero-order valence-corrected chi connectivity index (χ0v) is 15.9. The smallest absolute Gasteiger partial charge is 0.326 e. The van der Waals surface area contributed by atoms with Crippen molar-refractivity contribution in [2.45, 2.75) is 49.9 Å². The number of nitrogens with zero attached hydrogens (tertiary/aromatic N) is 1. The van der Waals surface area contributed by atoms with Gasteiger partial charge in [0.05, 0.1) is 25.5 Å². The van der Waals surface area contributed by atoms with Gasteiger partial charge in [0.2, 0.25) is 23.6 Å². The van der Waals surface area contributed by atoms with Crippen LogP contribution in [0.4, 0.5) is 0 Å². The minimum absolute atomic E-state index is 0.119. The minimum Gasteiger partial charge on any atom is -0.481 e. The number of rotatable bonds is 11. The van der Waals surface area contributed by atoms with E-state index in [1.54, 1.807) is 0 Å². The lowest BCUT2D eigenvalue weighted by Crippen LogP contribution is -2.58. The lowest BCUT2D eigenvalue weighted by Gasteiger charge is -2.27. The number of aliphatic hydroxyl groups excluding tert-OH is 1. The van der Waals surface area contributed by atoms with Crippen molar-refractivity contribution in [2.24, 2.45) is 11.5 Å². The fourth-order valence-electron chi connectivity index (χ4n) is 2.92. The Labute approximate surface area is 170 Å². The molecular formula is C16H25N5O9. The van der Waals surface area contributed by atoms with Crippen molar-refractivity contribution in [3.8, 4) is 0 Å². The molecule has 0 spiro atoms. The molecule has 0 bridgehead atoms. The number of hydrogen-bond donors (Lipinski definition) is 7. The Morgan fingerprint density at radius 3 is 2.10 bits per heavy atom. The Balaban J connectivity index is 2.88. The quantitative estimate of drug-likeness (QED) is 0.166. The molecule has 0 radical (unpaired) electrons. The molecule has 0 aromatic heterocycles. The summed E-state index contributed by atoms with van der Waals surface area (Å²) >= 11 is 0. The molecule has 30 heavy (non-hydrogen) atoms. The van der Waals surface area contributed by atoms with Crippen molar-refractivity contribution in [2.75, 3.05) is 13.2 Å². The fourth-order valence-corrected chi connectivity index (χ4v) is 2.92. The summed E-state index contributed by atoms with van der Waals surface area (Å²) in [5.74, 6) is -6.53. The van der Waals surface area contributed by atoms with Crippen LogP contribution in [-0.2, 0) is 28.8 Å². The number of carboxylic acids is 2. The van der Waals surface area contributed by atoms with E-state index in [1.807, 2.05) is 0 Å². The fraction of sp³-hybridized carbons (Fsp3) is 0.625. The first-order valence-corrected chi connectivity index (χ1v) is 8.98. The third-order valence-corrected chi connectivity index (χ3v) is 4.39. The van der Waals surface area contributed by atoms with Gasteiger partial charge in [-0.15, -0.1) is 0 Å². The first kappa shape index (κ1) is 24.8. The van der Waals surface area contributed by atoms with Gasteiger partial charge in [-0.3, -0.25) is 24.0 Å². The van der Waals surface area contributed by atoms with Crippen LogP contribution in [0.5, 0.6) is 0 Å². The summed E-state index contributed by atoms with van der Waals surface area (Å²) in [6.07, 6.45) is -0.781. The SMILES string of the molecule is NC(=O)CC(NC(=O)C(N)CC(=O)O)C(=O)NC(CO)C(=O)N1CCCC1C(=O)O. The summed E-state index contributed by atoms with van der Waals surface area (Å²) in [5, 5.41) is 31.6. The van der Waals surface area contributed by atoms with E-state index in [4.69, 9.17) is 16.6 Å². The monoisotopic (exact) mass is 431 g/mol. The van der Waals surface area contributed by atoms with Gasteiger partial charge in [0, 0.05) is 6.54 Å². The number of carboxylic acid groups (broad SMARTS) is 2. The maximum atomic E-state index is 12.5. The third kappa shape index (κ3) is 6.97. The Morgan fingerprint density at radius 2 is 1.60 bits per heavy atom. The molecule has 0 saturated carbocycles. The van der Waals surface area contributed by atoms with Gasteiger partial charge in [0.25, 0.3) is 0 Å². The van der Waals surface area contributed by atoms with Crippen LogP contribution in [0.15, 0.2) is 0 Å². The number of primary amides is 1. The molecular weight excluding hydrogens is 406 g/mol. The standard InChI is InChI=1S/C16H25N5O9/c17-7(4-12(24)25)13(26)19-8(5-11(18)23)14(27)20-9(6-22)15(28)21-3-1-2-10(21)16(29)30/h7-10,22H,1-6,17H2,(H2,18,23)(H,19,26)(H,20,27)(H,24,25)(H,29,30). The summed E-state index contributed by atoms with van der Waals surface area (Å²) in [7, 11) is 0. The van der Waals surface area contributed by atoms with E-state index >= 15 is 0 Å². The van der Waals surface area contributed by atoms with Crippen molar-refractivity contribution >= 4 is 35.6 Å². The maximum Gasteiger partial charge on any atom is 0.326 e. The Morgan fingerprint density at radius 1 is 1.00 bits per heavy atom. The summed E-state index contributed by atoms with van der Waals surface area (Å²) in [6.45, 7) is -0.753. The van der Waals surface area contributed by atoms with Crippen molar-refractivity contribution < 1.29 is 44.1 Å². The van der Waals surface area contributed by atoms with E-state index in [2.05, 4.69) is 10.6 Å². The highest BCUT2D eigenvalue weighted by Crippen LogP contribution is 2.18. The Kier molecular flexibility index (Phi) is 9.14. The minimum atomic E-state index is -1.59. The molecule has 0 aromatic carbocycles. The molecule has 1 heterocycles. The van der Waals surface area contributed by atoms with Crippen LogP contribution in [0.2, 0.25) is 0 Å². The van der Waals surface area contributed by atoms with Crippen molar-refractivity contribution in [3.05, 3.63) is 0 Å². The molecule has 4 amide bonds. The van der Waals surface area contributed by atoms with Gasteiger partial charge in [-0.2, -0.15) is 0 Å². The van der Waals surface area contributed by atoms with Gasteiger partial charge in [0.1, 0.15) is 18.1 Å². The number of carbonyl (C=O) groups is 6. The normalized spacial score (nSPS) is 18.7. The Hall–Kier alpha value is -3.26. The first-order chi connectivity index (χ1) is 14.0. The molecule has 1 fully saturated rings. The van der Waals surface area contributed by atoms with E-state index < -0.39 is 79.2 Å². The van der Waals surface area contributed by atoms with Crippen LogP contribution < -0.4 is 22.1 Å². The van der Waals surface area contributed by atoms with Gasteiger partial charge in [-0.25, -0.2) is 4.79 Å². The van der Waals surface area contributed by atoms with Gasteiger partial charge in [0.15, 0.2) is 0 Å². The summed E-state index contributed by atoms with van der Waals surface area (Å²) < 4.78 is 0. The Bertz CT molecular complexity index is 713. The molecule has 4 atom stereocenters. The third-order valence-electron chi connectivity index (χ3n) is 4.39. The van der Waals surface area contributed by atoms with Crippen LogP contribution in [0.1, 0.15) is 25.7 Å². The van der Waals surface area contributed by atoms with Crippen LogP contribution in [0, 0.1) is 0 Å². The molecule has 0 aliphatic carbocycles. The molecule has 14 heteroatoms. The van der Waals surface area contributed by atoms with Crippen LogP contribution >= 0.6 is 0 Å². The molecule has 1 rings (SSSR count). The molecule has 14 nitrogen and oxygen atoms in total. The first-order valence-electron chi connectivity index (χ1n) is 8.98. The van der Waals surface area contributed by atoms with Crippen LogP contribution in [-0.4, -0.2) is 93.1 Å². The lowest BCUT2D eigenvalue weighted by atomic mass is 10.1. The molecule has 1 aliphatic rings. The topological polar surface area (TPSA) is 242 Å². The second kappa shape index (κ2) is 11.1. The highest BCUT2D eigenvalue weighted by Gasteiger charge is 2.38. The molecule has 0 aromatic rings. The van der Waals surface area contributed by atoms with Crippen molar-refractivity contribution in [1.29, 1.82) is 0 Å². The second-order valence-corrected chi connectivity index (χ2v) is 6.71. The van der Waals surface area contributed by atoms with E-state index in [0.717, 1.165) is 4.90 Å². The van der Waals surface area contributed by atoms with E-state index in [9.17, 15) is 39.0 Å². The van der Waals surface area contributed by atoms with Crippen molar-refractivity contribution in [3.63, 3.8) is 0 Å². The lowest BCUT2D eigenvalue weighted by molar-refractivity contribution is -0.150. The number of aliphatic carboxylic acids is 2. The summed E-state index contributed by atoms with van der Waals surface area (Å²) in [5.41, 5.74) is 10.5. The maximum absolute atomic E-state index is 12.5. The van der Waals surface area contributed by atoms with E-state index in [0.29, 0.717) is 6.42 Å². The van der Waals surface area contributed by atoms with E-state index in [-0.39, 0.29) is 13.0 Å². The van der Waals surface area contributed by atoms with Gasteiger partial charge >= 0.3 is 11.9 Å². The van der Waals surface area contributed by atoms with Gasteiger partial charge in [-0.05, 0) is 12.8 Å². The molecule has 168 valence electrons. The largest absolute Gasteiger partial charge is 0.481 e. The molecule has 4 unspecified atom stereocenters. The number of amides is 4. The summed E-state index contributed by atoms with van der Waals surface area (Å²) in [4.78, 5) is 71.1. The number of aliphatic hydroxyl groups is 1. The molecule has 9 N–H and O–H groups in total. The average molecular weight is 431 g/mol. The number of nitrogens with two attached hydrogens (primary N) is 2. The highest BCUT2D eigenvalue weighted by atomic mass is 16.4. The zero-order chi connectivity index (χ0) is 23.0. The number of carbonyl (C=O) groups excluding carboxylic acids is 4. The van der Waals surface area contributed by atoms with Crippen LogP contribution in [0.25, 0.3) is 0 Å². The van der Waals surface area contributed by atoms with Crippen LogP contribution in [0.3, 0.4) is 0 Å². The molecule has 1 saturated heterocycles. The van der Waals surface area contributed by atoms with Gasteiger partial charge < -0.3 is 42.3 Å². The second-order valence-electron chi connectivity index (χ2n) is 6.71. The number of likely N-dealkylation sites (tertiary alicyclic amines) is 1. The number of nitrogens with one attached hydrogen (secondary N) is 2. The van der Waals surface area contributed by atoms with Crippen molar-refractivity contribution in [1.82, 2.24) is 15.5 Å². The van der Waals surface area contributed by atoms with E-state index in [1.165, 1.54) is 0 Å². The highest BCUT2D eigenvalue weighted by molar-refractivity contribution is 5.96. The zero-order valence-electron chi connectivity index (χ0n) is 15.9. The summed E-state index contributed by atoms with van der Waals surface area (Å²) in [6, 6.07) is -5.73. The van der Waals surface area contributed by atoms with Gasteiger partial charge in [-0.1, -0.05) is 0 Å². The molecule has 1 aliphatic heterocycles. The average Bonchev–Trinajstić information content (AvgIpc) is 3.13. The predicted molar refractivity (Wildman–Crippen MR) is 97.4 cm³/mol.